The van der Waals surface area contributed by atoms with Crippen LogP contribution in [0.5, 0.6) is 0 Å². The molecule has 0 saturated carbocycles. The summed E-state index contributed by atoms with van der Waals surface area (Å²) in [6.07, 6.45) is -2.26. The van der Waals surface area contributed by atoms with Gasteiger partial charge in [0.25, 0.3) is 0 Å². The second-order valence-electron chi connectivity index (χ2n) is 1.48. The summed E-state index contributed by atoms with van der Waals surface area (Å²) in [7, 11) is -3.31. The molecule has 0 aliphatic heterocycles. The van der Waals surface area contributed by atoms with Gasteiger partial charge in [-0.1, -0.05) is 0 Å². The maximum absolute atomic E-state index is 9.81. The molecule has 0 saturated heterocycles. The van der Waals surface area contributed by atoms with Gasteiger partial charge in [0.2, 0.25) is 5.85 Å². The second-order valence-corrected chi connectivity index (χ2v) is 2.58. The third kappa shape index (κ3) is 10.6. The first-order valence-corrected chi connectivity index (χ1v) is 3.44. The number of hydrogen-bond donors (Lipinski definition) is 3. The molecule has 2 unspecified atom stereocenters. The Morgan fingerprint density at radius 2 is 1.38 bits per heavy atom. The number of carbonyl (C=O) groups is 1. The van der Waals surface area contributed by atoms with E-state index in [1.807, 2.05) is 0 Å². The summed E-state index contributed by atoms with van der Waals surface area (Å²) < 4.78 is 19.6. The van der Waals surface area contributed by atoms with E-state index in [0.717, 1.165) is 0 Å². The Hall–Kier alpha value is 2.29. The standard InChI is InChI=1S/C3H5O6P.3Na.3H/c4-1(2(5)6)3(7)10(8)9;;;;;;/h1,3-4,7H,(H,5,6);;;;;;. The molecule has 10 heteroatoms. The van der Waals surface area contributed by atoms with E-state index in [9.17, 15) is 13.9 Å². The molecular formula is C3H8Na3O6P. The van der Waals surface area contributed by atoms with Crippen LogP contribution in [-0.2, 0) is 13.9 Å². The molecule has 0 rings (SSSR count). The molecule has 6 nitrogen and oxygen atoms in total. The Balaban J connectivity index is -0.000000135. The summed E-state index contributed by atoms with van der Waals surface area (Å²) in [6, 6.07) is 0. The van der Waals surface area contributed by atoms with Crippen LogP contribution in [0.2, 0.25) is 0 Å². The van der Waals surface area contributed by atoms with Gasteiger partial charge in [0.1, 0.15) is 0 Å². The molecule has 0 fully saturated rings. The average molecular weight is 240 g/mol. The summed E-state index contributed by atoms with van der Waals surface area (Å²) in [4.78, 5) is 9.77. The zero-order chi connectivity index (χ0) is 8.31. The summed E-state index contributed by atoms with van der Waals surface area (Å²) in [6.45, 7) is 0. The van der Waals surface area contributed by atoms with Gasteiger partial charge in [-0.25, -0.2) is 13.9 Å². The monoisotopic (exact) mass is 240 g/mol. The topological polar surface area (TPSA) is 112 Å². The van der Waals surface area contributed by atoms with E-state index < -0.39 is 25.6 Å². The van der Waals surface area contributed by atoms with Gasteiger partial charge in [-0.15, -0.1) is 0 Å². The fourth-order valence-electron chi connectivity index (χ4n) is 0.243. The van der Waals surface area contributed by atoms with Crippen molar-refractivity contribution in [1.29, 1.82) is 0 Å². The van der Waals surface area contributed by atoms with Crippen molar-refractivity contribution in [2.24, 2.45) is 0 Å². The van der Waals surface area contributed by atoms with Crippen LogP contribution in [-0.4, -0.2) is 122 Å². The predicted octanol–water partition coefficient (Wildman–Crippen LogP) is -3.02. The minimum atomic E-state index is -3.31. The first-order valence-electron chi connectivity index (χ1n) is 2.19. The van der Waals surface area contributed by atoms with Crippen molar-refractivity contribution < 1.29 is 29.2 Å². The molecule has 0 aromatic rings. The van der Waals surface area contributed by atoms with E-state index in [1.165, 1.54) is 0 Å². The van der Waals surface area contributed by atoms with Crippen molar-refractivity contribution in [3.8, 4) is 0 Å². The average Bonchev–Trinajstić information content (AvgIpc) is 1.84. The summed E-state index contributed by atoms with van der Waals surface area (Å²) >= 11 is 0. The second kappa shape index (κ2) is 12.4. The molecule has 0 aliphatic carbocycles. The van der Waals surface area contributed by atoms with Crippen molar-refractivity contribution in [3.05, 3.63) is 0 Å². The van der Waals surface area contributed by atoms with Crippen molar-refractivity contribution in [2.75, 3.05) is 0 Å². The fraction of sp³-hybridized carbons (Fsp3) is 0.667. The van der Waals surface area contributed by atoms with Gasteiger partial charge in [0.15, 0.2) is 6.10 Å². The van der Waals surface area contributed by atoms with Crippen LogP contribution in [0, 0.1) is 0 Å². The van der Waals surface area contributed by atoms with Crippen molar-refractivity contribution in [1.82, 2.24) is 0 Å². The molecule has 0 amide bonds. The Morgan fingerprint density at radius 1 is 1.08 bits per heavy atom. The molecule has 0 aromatic heterocycles. The first-order chi connectivity index (χ1) is 4.46. The van der Waals surface area contributed by atoms with E-state index >= 15 is 0 Å². The molecule has 0 spiro atoms. The van der Waals surface area contributed by atoms with Gasteiger partial charge >= 0.3 is 102 Å². The first kappa shape index (κ1) is 24.5. The van der Waals surface area contributed by atoms with Crippen molar-refractivity contribution in [2.45, 2.75) is 11.9 Å². The van der Waals surface area contributed by atoms with Gasteiger partial charge in [0.05, 0.1) is 0 Å². The van der Waals surface area contributed by atoms with E-state index in [2.05, 4.69) is 0 Å². The van der Waals surface area contributed by atoms with Crippen molar-refractivity contribution in [3.63, 3.8) is 0 Å². The Labute approximate surface area is 141 Å². The SMILES string of the molecule is O=C(O)C(O)C(O)P(=O)=O.[NaH].[NaH].[NaH]. The van der Waals surface area contributed by atoms with E-state index in [0.29, 0.717) is 0 Å². The number of aliphatic hydroxyl groups excluding tert-OH is 2. The minimum absolute atomic E-state index is 0. The van der Waals surface area contributed by atoms with E-state index in [4.69, 9.17) is 15.3 Å². The molecule has 0 aliphatic rings. The van der Waals surface area contributed by atoms with Crippen LogP contribution in [0.4, 0.5) is 0 Å². The number of carboxylic acids is 1. The molecule has 0 radical (unpaired) electrons. The molecular weight excluding hydrogens is 232 g/mol. The zero-order valence-electron chi connectivity index (χ0n) is 4.67. The fourth-order valence-corrected chi connectivity index (χ4v) is 0.601. The molecule has 3 N–H and O–H groups in total. The third-order valence-electron chi connectivity index (χ3n) is 0.751. The van der Waals surface area contributed by atoms with Gasteiger partial charge in [-0.05, 0) is 0 Å². The predicted molar refractivity (Wildman–Crippen MR) is 49.4 cm³/mol. The molecule has 64 valence electrons. The molecule has 2 atom stereocenters. The molecule has 0 aromatic carbocycles. The molecule has 13 heavy (non-hydrogen) atoms. The van der Waals surface area contributed by atoms with E-state index in [1.54, 1.807) is 0 Å². The number of aliphatic hydroxyl groups is 2. The Bertz CT molecular complexity index is 197. The normalized spacial score (nSPS) is 12.2. The number of rotatable bonds is 3. The van der Waals surface area contributed by atoms with Gasteiger partial charge in [0, 0.05) is 0 Å². The Morgan fingerprint density at radius 3 is 1.46 bits per heavy atom. The van der Waals surface area contributed by atoms with Crippen LogP contribution in [0.1, 0.15) is 0 Å². The van der Waals surface area contributed by atoms with Gasteiger partial charge in [-0.2, -0.15) is 0 Å². The summed E-state index contributed by atoms with van der Waals surface area (Å²) in [5.74, 6) is -4.00. The third-order valence-corrected chi connectivity index (χ3v) is 1.47. The van der Waals surface area contributed by atoms with Gasteiger partial charge in [-0.3, -0.25) is 0 Å². The summed E-state index contributed by atoms with van der Waals surface area (Å²) in [5, 5.41) is 24.6. The molecule has 0 heterocycles. The number of carboxylic acid groups (broad SMARTS) is 1. The zero-order valence-corrected chi connectivity index (χ0v) is 5.56. The molecule has 0 bridgehead atoms. The van der Waals surface area contributed by atoms with Gasteiger partial charge < -0.3 is 15.3 Å². The quantitative estimate of drug-likeness (QED) is 0.357. The van der Waals surface area contributed by atoms with Crippen LogP contribution < -0.4 is 0 Å². The maximum atomic E-state index is 9.81. The van der Waals surface area contributed by atoms with Crippen LogP contribution >= 0.6 is 7.68 Å². The summed E-state index contributed by atoms with van der Waals surface area (Å²) in [5.41, 5.74) is 0. The van der Waals surface area contributed by atoms with E-state index in [-0.39, 0.29) is 88.7 Å². The number of hydrogen-bond acceptors (Lipinski definition) is 5. The number of aliphatic carboxylic acids is 1. The van der Waals surface area contributed by atoms with Crippen LogP contribution in [0.3, 0.4) is 0 Å². The van der Waals surface area contributed by atoms with Crippen LogP contribution in [0.25, 0.3) is 0 Å². The van der Waals surface area contributed by atoms with Crippen molar-refractivity contribution >= 4 is 102 Å². The Kier molecular flexibility index (Phi) is 23.3. The van der Waals surface area contributed by atoms with Crippen LogP contribution in [0.15, 0.2) is 0 Å².